The molecule has 0 aromatic heterocycles. The average Bonchev–Trinajstić information content (AvgIpc) is 2.19. The summed E-state index contributed by atoms with van der Waals surface area (Å²) >= 11 is 0. The lowest BCUT2D eigenvalue weighted by molar-refractivity contribution is -0.123. The predicted molar refractivity (Wildman–Crippen MR) is 60.2 cm³/mol. The summed E-state index contributed by atoms with van der Waals surface area (Å²) in [5.41, 5.74) is 0. The molecule has 0 aromatic carbocycles. The summed E-state index contributed by atoms with van der Waals surface area (Å²) in [4.78, 5) is 13.6. The summed E-state index contributed by atoms with van der Waals surface area (Å²) < 4.78 is 0. The lowest BCUT2D eigenvalue weighted by atomic mass is 10.1. The van der Waals surface area contributed by atoms with Gasteiger partial charge in [0.1, 0.15) is 5.92 Å². The fraction of sp³-hybridized carbons (Fsp3) is 0.818. The van der Waals surface area contributed by atoms with Crippen LogP contribution >= 0.6 is 0 Å². The minimum Gasteiger partial charge on any atom is -0.354 e. The topological polar surface area (TPSA) is 56.1 Å². The van der Waals surface area contributed by atoms with Crippen molar-refractivity contribution < 1.29 is 4.79 Å². The van der Waals surface area contributed by atoms with Crippen LogP contribution in [0.5, 0.6) is 0 Å². The van der Waals surface area contributed by atoms with Crippen LogP contribution in [-0.2, 0) is 4.79 Å². The van der Waals surface area contributed by atoms with Gasteiger partial charge in [0.05, 0.1) is 6.07 Å². The largest absolute Gasteiger partial charge is 0.354 e. The number of carbonyl (C=O) groups is 1. The predicted octanol–water partition coefficient (Wildman–Crippen LogP) is 0.993. The Bertz CT molecular complexity index is 232. The van der Waals surface area contributed by atoms with E-state index in [2.05, 4.69) is 24.1 Å². The van der Waals surface area contributed by atoms with Gasteiger partial charge in [-0.1, -0.05) is 6.92 Å². The lowest BCUT2D eigenvalue weighted by Gasteiger charge is -2.21. The minimum atomic E-state index is -0.505. The Labute approximate surface area is 92.3 Å². The molecule has 0 heterocycles. The highest BCUT2D eigenvalue weighted by Crippen LogP contribution is 1.99. The van der Waals surface area contributed by atoms with Crippen molar-refractivity contribution in [2.75, 3.05) is 20.1 Å². The number of rotatable bonds is 6. The second kappa shape index (κ2) is 7.24. The van der Waals surface area contributed by atoms with E-state index in [0.29, 0.717) is 19.0 Å². The van der Waals surface area contributed by atoms with Crippen molar-refractivity contribution in [3.8, 4) is 6.07 Å². The van der Waals surface area contributed by atoms with E-state index < -0.39 is 5.92 Å². The van der Waals surface area contributed by atoms with E-state index in [1.54, 1.807) is 0 Å². The van der Waals surface area contributed by atoms with E-state index in [1.165, 1.54) is 0 Å². The van der Waals surface area contributed by atoms with Crippen LogP contribution in [0.25, 0.3) is 0 Å². The van der Waals surface area contributed by atoms with E-state index in [1.807, 2.05) is 20.0 Å². The molecule has 0 bridgehead atoms. The molecule has 0 aliphatic rings. The fourth-order valence-electron chi connectivity index (χ4n) is 1.07. The third-order valence-corrected chi connectivity index (χ3v) is 2.53. The maximum Gasteiger partial charge on any atom is 0.237 e. The second-order valence-electron chi connectivity index (χ2n) is 3.96. The Morgan fingerprint density at radius 2 is 2.13 bits per heavy atom. The third kappa shape index (κ3) is 5.38. The summed E-state index contributed by atoms with van der Waals surface area (Å²) in [6.45, 7) is 7.46. The smallest absolute Gasteiger partial charge is 0.237 e. The summed E-state index contributed by atoms with van der Waals surface area (Å²) in [5, 5.41) is 11.4. The van der Waals surface area contributed by atoms with Gasteiger partial charge in [-0.3, -0.25) is 4.79 Å². The molecule has 0 fully saturated rings. The van der Waals surface area contributed by atoms with E-state index in [0.717, 1.165) is 6.54 Å². The molecule has 0 rings (SSSR count). The highest BCUT2D eigenvalue weighted by Gasteiger charge is 2.14. The first kappa shape index (κ1) is 13.9. The van der Waals surface area contributed by atoms with Crippen molar-refractivity contribution in [3.05, 3.63) is 0 Å². The van der Waals surface area contributed by atoms with Gasteiger partial charge in [-0.25, -0.2) is 0 Å². The molecule has 0 aromatic rings. The van der Waals surface area contributed by atoms with Gasteiger partial charge in [0.2, 0.25) is 5.91 Å². The van der Waals surface area contributed by atoms with Crippen LogP contribution in [0.15, 0.2) is 0 Å². The van der Waals surface area contributed by atoms with Crippen LogP contribution in [0.1, 0.15) is 27.2 Å². The molecule has 4 heteroatoms. The molecule has 1 N–H and O–H groups in total. The van der Waals surface area contributed by atoms with Crippen LogP contribution in [0, 0.1) is 17.2 Å². The number of hydrogen-bond donors (Lipinski definition) is 1. The Morgan fingerprint density at radius 3 is 2.53 bits per heavy atom. The monoisotopic (exact) mass is 211 g/mol. The molecule has 86 valence electrons. The van der Waals surface area contributed by atoms with Crippen LogP contribution in [0.4, 0.5) is 0 Å². The molecule has 15 heavy (non-hydrogen) atoms. The molecule has 0 saturated carbocycles. The molecular weight excluding hydrogens is 190 g/mol. The first-order chi connectivity index (χ1) is 7.02. The molecule has 1 amide bonds. The Kier molecular flexibility index (Phi) is 6.72. The number of nitrogens with one attached hydrogen (secondary N) is 1. The summed E-state index contributed by atoms with van der Waals surface area (Å²) in [6.07, 6.45) is 0.572. The maximum absolute atomic E-state index is 11.4. The van der Waals surface area contributed by atoms with Crippen molar-refractivity contribution in [3.63, 3.8) is 0 Å². The normalized spacial score (nSPS) is 12.6. The molecule has 0 aliphatic carbocycles. The number of nitrogens with zero attached hydrogens (tertiary/aromatic N) is 2. The summed E-state index contributed by atoms with van der Waals surface area (Å²) in [5.74, 6) is -0.661. The Morgan fingerprint density at radius 1 is 1.53 bits per heavy atom. The van der Waals surface area contributed by atoms with Gasteiger partial charge in [0, 0.05) is 19.1 Å². The van der Waals surface area contributed by atoms with Crippen molar-refractivity contribution in [1.29, 1.82) is 5.26 Å². The van der Waals surface area contributed by atoms with Gasteiger partial charge in [-0.05, 0) is 27.3 Å². The second-order valence-corrected chi connectivity index (χ2v) is 3.96. The van der Waals surface area contributed by atoms with Crippen LogP contribution in [-0.4, -0.2) is 37.0 Å². The number of hydrogen-bond acceptors (Lipinski definition) is 3. The van der Waals surface area contributed by atoms with Gasteiger partial charge >= 0.3 is 0 Å². The van der Waals surface area contributed by atoms with Crippen LogP contribution in [0.2, 0.25) is 0 Å². The molecule has 4 nitrogen and oxygen atoms in total. The Balaban J connectivity index is 3.78. The van der Waals surface area contributed by atoms with Gasteiger partial charge in [0.15, 0.2) is 0 Å². The number of carbonyl (C=O) groups excluding carboxylic acids is 1. The zero-order chi connectivity index (χ0) is 11.8. The third-order valence-electron chi connectivity index (χ3n) is 2.53. The highest BCUT2D eigenvalue weighted by atomic mass is 16.1. The van der Waals surface area contributed by atoms with E-state index in [-0.39, 0.29) is 5.91 Å². The zero-order valence-corrected chi connectivity index (χ0v) is 10.1. The van der Waals surface area contributed by atoms with Crippen molar-refractivity contribution >= 4 is 5.91 Å². The van der Waals surface area contributed by atoms with Crippen LogP contribution in [0.3, 0.4) is 0 Å². The average molecular weight is 211 g/mol. The summed E-state index contributed by atoms with van der Waals surface area (Å²) in [7, 11) is 2.01. The number of likely N-dealkylation sites (N-methyl/N-ethyl adjacent to an activating group) is 1. The highest BCUT2D eigenvalue weighted by molar-refractivity contribution is 5.80. The molecule has 1 atom stereocenters. The maximum atomic E-state index is 11.4. The minimum absolute atomic E-state index is 0.155. The molecule has 0 spiro atoms. The van der Waals surface area contributed by atoms with Gasteiger partial charge < -0.3 is 10.2 Å². The molecule has 0 radical (unpaired) electrons. The van der Waals surface area contributed by atoms with E-state index in [9.17, 15) is 4.79 Å². The zero-order valence-electron chi connectivity index (χ0n) is 10.1. The molecule has 0 saturated heterocycles. The van der Waals surface area contributed by atoms with Crippen molar-refractivity contribution in [2.24, 2.45) is 5.92 Å². The fourth-order valence-corrected chi connectivity index (χ4v) is 1.07. The molecule has 0 aliphatic heterocycles. The SMILES string of the molecule is CCC(C#N)C(=O)NCCN(C)C(C)C. The van der Waals surface area contributed by atoms with Gasteiger partial charge in [0.25, 0.3) is 0 Å². The van der Waals surface area contributed by atoms with Crippen LogP contribution < -0.4 is 5.32 Å². The van der Waals surface area contributed by atoms with E-state index >= 15 is 0 Å². The standard InChI is InChI=1S/C11H21N3O/c1-5-10(8-12)11(15)13-6-7-14(4)9(2)3/h9-10H,5-7H2,1-4H3,(H,13,15). The Hall–Kier alpha value is -1.08. The van der Waals surface area contributed by atoms with Crippen molar-refractivity contribution in [2.45, 2.75) is 33.2 Å². The first-order valence-corrected chi connectivity index (χ1v) is 5.40. The first-order valence-electron chi connectivity index (χ1n) is 5.40. The molecular formula is C11H21N3O. The van der Waals surface area contributed by atoms with Gasteiger partial charge in [-0.15, -0.1) is 0 Å². The van der Waals surface area contributed by atoms with E-state index in [4.69, 9.17) is 5.26 Å². The quantitative estimate of drug-likeness (QED) is 0.713. The lowest BCUT2D eigenvalue weighted by Crippen LogP contribution is -2.38. The molecule has 1 unspecified atom stereocenters. The van der Waals surface area contributed by atoms with Crippen molar-refractivity contribution in [1.82, 2.24) is 10.2 Å². The number of amides is 1. The summed E-state index contributed by atoms with van der Waals surface area (Å²) in [6, 6.07) is 2.46. The van der Waals surface area contributed by atoms with Gasteiger partial charge in [-0.2, -0.15) is 5.26 Å². The number of nitriles is 1.